The molecule has 0 aliphatic rings. The summed E-state index contributed by atoms with van der Waals surface area (Å²) in [5.74, 6) is 0. The smallest absolute Gasteiger partial charge is 0 e. The van der Waals surface area contributed by atoms with Crippen LogP contribution in [0.5, 0.6) is 0 Å². The number of hydrogen-bond acceptors (Lipinski definition) is 0. The maximum atomic E-state index is 0. The summed E-state index contributed by atoms with van der Waals surface area (Å²) < 4.78 is 0. The Kier molecular flexibility index (Phi) is 306. The maximum Gasteiger partial charge on any atom is 0 e. The Morgan fingerprint density at radius 3 is 0.500 bits per heavy atom. The van der Waals surface area contributed by atoms with Crippen molar-refractivity contribution in [3.8, 4) is 0 Å². The van der Waals surface area contributed by atoms with Gasteiger partial charge in [-0.05, 0) is 0 Å². The fourth-order valence-corrected chi connectivity index (χ4v) is 0. The predicted molar refractivity (Wildman–Crippen MR) is 0 cm³/mol. The van der Waals surface area contributed by atoms with Crippen molar-refractivity contribution in [2.75, 3.05) is 0 Å². The van der Waals surface area contributed by atoms with E-state index in [-0.39, 0.29) is 56.7 Å². The molecule has 0 nitrogen and oxygen atoms in total. The third-order valence-corrected chi connectivity index (χ3v) is 0. The Morgan fingerprint density at radius 2 is 0.500 bits per heavy atom. The second kappa shape index (κ2) is 24.6. The second-order valence-corrected chi connectivity index (χ2v) is 0. The molecule has 0 bridgehead atoms. The normalized spacial score (nSPS) is 0. The standard InChI is InChI=1S/3ClH.Ru/h3*1H;/p-3. The Bertz CT molecular complexity index is 3.25. The van der Waals surface area contributed by atoms with E-state index in [0.29, 0.717) is 0 Å². The van der Waals surface area contributed by atoms with Crippen LogP contribution in [-0.4, -0.2) is 0 Å². The summed E-state index contributed by atoms with van der Waals surface area (Å²) in [4.78, 5) is 0. The molecule has 0 radical (unpaired) electrons. The van der Waals surface area contributed by atoms with Gasteiger partial charge in [-0.3, -0.25) is 0 Å². The van der Waals surface area contributed by atoms with Crippen molar-refractivity contribution in [3.63, 3.8) is 0 Å². The molecule has 0 aliphatic heterocycles. The predicted octanol–water partition coefficient (Wildman–Crippen LogP) is -8.99. The minimum absolute atomic E-state index is 0. The topological polar surface area (TPSA) is 0 Å². The first kappa shape index (κ1) is 49.7. The zero-order valence-electron chi connectivity index (χ0n) is 1.49. The van der Waals surface area contributed by atoms with Crippen LogP contribution in [0.2, 0.25) is 0 Å². The van der Waals surface area contributed by atoms with E-state index >= 15 is 0 Å². The van der Waals surface area contributed by atoms with Crippen molar-refractivity contribution >= 4 is 0 Å². The van der Waals surface area contributed by atoms with Gasteiger partial charge in [-0.2, -0.15) is 0 Å². The average molecular weight is 207 g/mol. The van der Waals surface area contributed by atoms with E-state index in [1.54, 1.807) is 0 Å². The third-order valence-electron chi connectivity index (χ3n) is 0. The molecule has 0 amide bonds. The molecular formula is Cl3Ru-3. The molecule has 0 spiro atoms. The molecule has 0 aromatic carbocycles. The van der Waals surface area contributed by atoms with Crippen molar-refractivity contribution in [3.05, 3.63) is 0 Å². The molecule has 0 unspecified atom stereocenters. The summed E-state index contributed by atoms with van der Waals surface area (Å²) in [5.41, 5.74) is 0. The van der Waals surface area contributed by atoms with Gasteiger partial charge in [0.25, 0.3) is 0 Å². The minimum atomic E-state index is 0. The Hall–Kier alpha value is 1.49. The van der Waals surface area contributed by atoms with Crippen LogP contribution in [0, 0.1) is 0 Å². The Morgan fingerprint density at radius 1 is 0.500 bits per heavy atom. The van der Waals surface area contributed by atoms with E-state index in [0.717, 1.165) is 0 Å². The first-order chi connectivity index (χ1) is 0. The van der Waals surface area contributed by atoms with Gasteiger partial charge in [-0.15, -0.1) is 0 Å². The van der Waals surface area contributed by atoms with Crippen LogP contribution < -0.4 is 37.2 Å². The molecule has 4 heavy (non-hydrogen) atoms. The average Bonchev–Trinajstić information content (AvgIpc) is 0. The summed E-state index contributed by atoms with van der Waals surface area (Å²) >= 11 is 0. The van der Waals surface area contributed by atoms with Crippen LogP contribution in [0.3, 0.4) is 0 Å². The van der Waals surface area contributed by atoms with Crippen molar-refractivity contribution in [2.24, 2.45) is 0 Å². The van der Waals surface area contributed by atoms with Crippen molar-refractivity contribution in [1.29, 1.82) is 0 Å². The van der Waals surface area contributed by atoms with Crippen molar-refractivity contribution in [2.45, 2.75) is 0 Å². The van der Waals surface area contributed by atoms with E-state index in [4.69, 9.17) is 0 Å². The zero-order chi connectivity index (χ0) is 0. The number of hydrogen-bond donors (Lipinski definition) is 0. The Balaban J connectivity index is 0. The van der Waals surface area contributed by atoms with E-state index in [2.05, 4.69) is 0 Å². The van der Waals surface area contributed by atoms with Gasteiger partial charge in [-0.1, -0.05) is 0 Å². The molecular weight excluding hydrogens is 207 g/mol. The van der Waals surface area contributed by atoms with E-state index < -0.39 is 0 Å². The van der Waals surface area contributed by atoms with Crippen LogP contribution in [0.15, 0.2) is 0 Å². The number of rotatable bonds is 0. The SMILES string of the molecule is [Cl-].[Cl-].[Cl-].[Ru]. The van der Waals surface area contributed by atoms with Crippen LogP contribution in [0.4, 0.5) is 0 Å². The van der Waals surface area contributed by atoms with Crippen LogP contribution >= 0.6 is 0 Å². The molecule has 0 N–H and O–H groups in total. The van der Waals surface area contributed by atoms with Crippen LogP contribution in [0.25, 0.3) is 0 Å². The maximum absolute atomic E-state index is 0. The monoisotopic (exact) mass is 207 g/mol. The summed E-state index contributed by atoms with van der Waals surface area (Å²) in [5, 5.41) is 0. The molecule has 0 saturated heterocycles. The molecule has 0 fully saturated rings. The molecule has 0 atom stereocenters. The van der Waals surface area contributed by atoms with Crippen molar-refractivity contribution in [1.82, 2.24) is 0 Å². The summed E-state index contributed by atoms with van der Waals surface area (Å²) in [6.07, 6.45) is 0. The van der Waals surface area contributed by atoms with Gasteiger partial charge in [0.15, 0.2) is 0 Å². The van der Waals surface area contributed by atoms with Crippen molar-refractivity contribution < 1.29 is 56.7 Å². The van der Waals surface area contributed by atoms with Crippen LogP contribution in [0.1, 0.15) is 0 Å². The molecule has 0 rings (SSSR count). The van der Waals surface area contributed by atoms with Gasteiger partial charge in [-0.25, -0.2) is 0 Å². The fraction of sp³-hybridized carbons (Fsp3) is 0. The largest absolute Gasteiger partial charge is 1.00 e. The first-order valence-electron chi connectivity index (χ1n) is 0. The quantitative estimate of drug-likeness (QED) is 0.346. The molecule has 0 aromatic heterocycles. The summed E-state index contributed by atoms with van der Waals surface area (Å²) in [6, 6.07) is 0. The fourth-order valence-electron chi connectivity index (χ4n) is 0. The molecule has 0 saturated carbocycles. The van der Waals surface area contributed by atoms with E-state index in [9.17, 15) is 0 Å². The minimum Gasteiger partial charge on any atom is -1.00 e. The second-order valence-electron chi connectivity index (χ2n) is 0. The molecule has 0 aliphatic carbocycles. The molecule has 4 heteroatoms. The van der Waals surface area contributed by atoms with Crippen LogP contribution in [-0.2, 0) is 19.5 Å². The van der Waals surface area contributed by atoms with E-state index in [1.165, 1.54) is 0 Å². The van der Waals surface area contributed by atoms with Gasteiger partial charge in [0.1, 0.15) is 0 Å². The van der Waals surface area contributed by atoms with Gasteiger partial charge >= 0.3 is 0 Å². The molecule has 32 valence electrons. The number of halogens is 3. The first-order valence-corrected chi connectivity index (χ1v) is 0. The Labute approximate surface area is 56.7 Å². The molecule has 0 aromatic rings. The summed E-state index contributed by atoms with van der Waals surface area (Å²) in [6.45, 7) is 0. The zero-order valence-corrected chi connectivity index (χ0v) is 5.49. The van der Waals surface area contributed by atoms with Gasteiger partial charge < -0.3 is 37.2 Å². The van der Waals surface area contributed by atoms with Gasteiger partial charge in [0.2, 0.25) is 0 Å². The third kappa shape index (κ3) is 9.74. The van der Waals surface area contributed by atoms with E-state index in [1.807, 2.05) is 0 Å². The van der Waals surface area contributed by atoms with Gasteiger partial charge in [0.05, 0.1) is 0 Å². The molecule has 0 heterocycles. The van der Waals surface area contributed by atoms with Gasteiger partial charge in [0, 0.05) is 19.5 Å². The summed E-state index contributed by atoms with van der Waals surface area (Å²) in [7, 11) is 0.